The minimum Gasteiger partial charge on any atom is -0.465 e. The maximum atomic E-state index is 12.1. The maximum absolute atomic E-state index is 12.1. The molecule has 0 bridgehead atoms. The summed E-state index contributed by atoms with van der Waals surface area (Å²) >= 11 is 0. The Hall–Kier alpha value is -2.36. The van der Waals surface area contributed by atoms with Crippen LogP contribution in [0.4, 0.5) is 0 Å². The SMILES string of the molecule is C=C(C)[C@@H]1CC[C@]2(/C=N/O)CC[C@]3(C)[C@H](CC[C@@H]4[C@@]5(C)CC=C(c6ccc(C(=O)OC)cc6)C(C)(C)[C@@H]5CC[C@]43C)[C@@H]12. The molecule has 0 heterocycles. The zero-order chi connectivity index (χ0) is 30.3. The predicted molar refractivity (Wildman–Crippen MR) is 170 cm³/mol. The molecule has 1 aromatic carbocycles. The van der Waals surface area contributed by atoms with Crippen LogP contribution in [0.2, 0.25) is 0 Å². The van der Waals surface area contributed by atoms with Gasteiger partial charge >= 0.3 is 5.97 Å². The topological polar surface area (TPSA) is 58.9 Å². The summed E-state index contributed by atoms with van der Waals surface area (Å²) in [6.45, 7) is 19.6. The second-order valence-electron chi connectivity index (χ2n) is 16.3. The molecule has 0 saturated heterocycles. The predicted octanol–water partition coefficient (Wildman–Crippen LogP) is 9.58. The molecule has 5 aliphatic carbocycles. The first-order valence-electron chi connectivity index (χ1n) is 16.5. The van der Waals surface area contributed by atoms with Crippen LogP contribution in [0.15, 0.2) is 47.6 Å². The van der Waals surface area contributed by atoms with Crippen molar-refractivity contribution in [3.63, 3.8) is 0 Å². The lowest BCUT2D eigenvalue weighted by molar-refractivity contribution is -0.219. The molecule has 42 heavy (non-hydrogen) atoms. The molecule has 228 valence electrons. The van der Waals surface area contributed by atoms with Crippen molar-refractivity contribution in [3.05, 3.63) is 53.6 Å². The molecule has 0 spiro atoms. The van der Waals surface area contributed by atoms with E-state index in [1.165, 1.54) is 62.3 Å². The average Bonchev–Trinajstić information content (AvgIpc) is 3.33. The van der Waals surface area contributed by atoms with Crippen LogP contribution >= 0.6 is 0 Å². The van der Waals surface area contributed by atoms with Crippen LogP contribution in [0.1, 0.15) is 115 Å². The van der Waals surface area contributed by atoms with E-state index in [1.807, 2.05) is 18.3 Å². The third kappa shape index (κ3) is 3.84. The number of nitrogens with zero attached hydrogens (tertiary/aromatic N) is 1. The van der Waals surface area contributed by atoms with Gasteiger partial charge in [0.05, 0.1) is 18.9 Å². The van der Waals surface area contributed by atoms with E-state index < -0.39 is 0 Å². The van der Waals surface area contributed by atoms with Crippen molar-refractivity contribution in [2.24, 2.45) is 61.8 Å². The number of fused-ring (bicyclic) bond motifs is 7. The van der Waals surface area contributed by atoms with E-state index in [4.69, 9.17) is 4.74 Å². The largest absolute Gasteiger partial charge is 0.465 e. The molecule has 5 aliphatic rings. The second kappa shape index (κ2) is 9.83. The highest BCUT2D eigenvalue weighted by molar-refractivity contribution is 5.90. The van der Waals surface area contributed by atoms with Crippen molar-refractivity contribution in [3.8, 4) is 0 Å². The van der Waals surface area contributed by atoms with Gasteiger partial charge in [-0.05, 0) is 139 Å². The average molecular weight is 572 g/mol. The number of esters is 1. The van der Waals surface area contributed by atoms with Gasteiger partial charge in [-0.2, -0.15) is 0 Å². The summed E-state index contributed by atoms with van der Waals surface area (Å²) in [4.78, 5) is 12.1. The first-order chi connectivity index (χ1) is 19.8. The molecule has 1 aromatic rings. The molecule has 4 fully saturated rings. The molecule has 4 saturated carbocycles. The highest BCUT2D eigenvalue weighted by atomic mass is 16.5. The smallest absolute Gasteiger partial charge is 0.337 e. The van der Waals surface area contributed by atoms with Crippen LogP contribution in [0, 0.1) is 56.7 Å². The number of methoxy groups -OCH3 is 1. The standard InChI is InChI=1S/C38H53NO3/c1-24(2)27-15-20-38(23-39-41)22-21-36(6)29(32(27)38)13-14-31-35(5)18-16-28(25-9-11-26(12-10-25)33(40)42-8)34(3,4)30(35)17-19-37(31,36)7/h9-12,16,23,27,29-32,41H,1,13-15,17-22H2,2-8H3/b39-23+/t27-,29+,30-,31+,32+,35-,36+,37+,38+/m0/s1. The van der Waals surface area contributed by atoms with Gasteiger partial charge in [0.25, 0.3) is 0 Å². The molecule has 9 atom stereocenters. The molecule has 4 heteroatoms. The first kappa shape index (κ1) is 29.7. The summed E-state index contributed by atoms with van der Waals surface area (Å²) in [5.74, 6) is 2.73. The Labute approximate surface area is 254 Å². The summed E-state index contributed by atoms with van der Waals surface area (Å²) in [6.07, 6.45) is 15.4. The third-order valence-electron chi connectivity index (χ3n) is 14.6. The van der Waals surface area contributed by atoms with Crippen molar-refractivity contribution in [1.82, 2.24) is 0 Å². The minimum atomic E-state index is -0.280. The van der Waals surface area contributed by atoms with Crippen molar-refractivity contribution in [2.45, 2.75) is 99.3 Å². The van der Waals surface area contributed by atoms with Crippen LogP contribution in [0.25, 0.3) is 5.57 Å². The van der Waals surface area contributed by atoms with E-state index in [0.717, 1.165) is 19.3 Å². The lowest BCUT2D eigenvalue weighted by Gasteiger charge is -2.72. The van der Waals surface area contributed by atoms with Gasteiger partial charge < -0.3 is 9.94 Å². The van der Waals surface area contributed by atoms with Gasteiger partial charge in [-0.3, -0.25) is 0 Å². The van der Waals surface area contributed by atoms with Gasteiger partial charge in [-0.15, -0.1) is 5.16 Å². The Morgan fingerprint density at radius 1 is 0.952 bits per heavy atom. The Balaban J connectivity index is 1.35. The summed E-state index contributed by atoms with van der Waals surface area (Å²) < 4.78 is 4.93. The number of oxime groups is 1. The third-order valence-corrected chi connectivity index (χ3v) is 14.6. The highest BCUT2D eigenvalue weighted by Gasteiger charge is 2.70. The Bertz CT molecular complexity index is 1320. The molecule has 1 N–H and O–H groups in total. The molecule has 0 unspecified atom stereocenters. The van der Waals surface area contributed by atoms with Crippen LogP contribution in [-0.4, -0.2) is 24.5 Å². The quantitative estimate of drug-likeness (QED) is 0.129. The molecule has 6 rings (SSSR count). The van der Waals surface area contributed by atoms with Gasteiger partial charge in [-0.25, -0.2) is 4.79 Å². The number of carbonyl (C=O) groups excluding carboxylic acids is 1. The lowest BCUT2D eigenvalue weighted by atomic mass is 9.32. The molecule has 0 aromatic heterocycles. The van der Waals surface area contributed by atoms with Gasteiger partial charge in [0.1, 0.15) is 0 Å². The van der Waals surface area contributed by atoms with E-state index in [9.17, 15) is 10.0 Å². The van der Waals surface area contributed by atoms with Crippen molar-refractivity contribution >= 4 is 17.8 Å². The van der Waals surface area contributed by atoms with Crippen molar-refractivity contribution < 1.29 is 14.7 Å². The lowest BCUT2D eigenvalue weighted by Crippen LogP contribution is -2.65. The number of hydrogen-bond donors (Lipinski definition) is 1. The van der Waals surface area contributed by atoms with Crippen molar-refractivity contribution in [1.29, 1.82) is 0 Å². The van der Waals surface area contributed by atoms with Crippen LogP contribution in [0.5, 0.6) is 0 Å². The Morgan fingerprint density at radius 2 is 1.67 bits per heavy atom. The minimum absolute atomic E-state index is 0.0285. The fourth-order valence-electron chi connectivity index (χ4n) is 12.5. The van der Waals surface area contributed by atoms with Crippen LogP contribution < -0.4 is 0 Å². The molecule has 0 radical (unpaired) electrons. The van der Waals surface area contributed by atoms with E-state index in [1.54, 1.807) is 0 Å². The van der Waals surface area contributed by atoms with Gasteiger partial charge in [0.15, 0.2) is 0 Å². The monoisotopic (exact) mass is 571 g/mol. The molecular formula is C38H53NO3. The summed E-state index contributed by atoms with van der Waals surface area (Å²) in [5.41, 5.74) is 5.50. The van der Waals surface area contributed by atoms with Gasteiger partial charge in [-0.1, -0.05) is 65.0 Å². The molecule has 4 nitrogen and oxygen atoms in total. The zero-order valence-electron chi connectivity index (χ0n) is 27.1. The number of carbonyl (C=O) groups is 1. The Morgan fingerprint density at radius 3 is 2.31 bits per heavy atom. The zero-order valence-corrected chi connectivity index (χ0v) is 27.1. The summed E-state index contributed by atoms with van der Waals surface area (Å²) in [7, 11) is 1.44. The second-order valence-corrected chi connectivity index (χ2v) is 16.3. The number of ether oxygens (including phenoxy) is 1. The van der Waals surface area contributed by atoms with Crippen LogP contribution in [0.3, 0.4) is 0 Å². The Kier molecular flexibility index (Phi) is 6.95. The van der Waals surface area contributed by atoms with E-state index >= 15 is 0 Å². The molecule has 0 amide bonds. The molecule has 0 aliphatic heterocycles. The van der Waals surface area contributed by atoms with Crippen LogP contribution in [-0.2, 0) is 4.74 Å². The van der Waals surface area contributed by atoms with Gasteiger partial charge in [0.2, 0.25) is 0 Å². The van der Waals surface area contributed by atoms with E-state index in [0.29, 0.717) is 35.2 Å². The fourth-order valence-corrected chi connectivity index (χ4v) is 12.5. The number of allylic oxidation sites excluding steroid dienone is 3. The summed E-state index contributed by atoms with van der Waals surface area (Å²) in [5, 5.41) is 13.5. The summed E-state index contributed by atoms with van der Waals surface area (Å²) in [6, 6.07) is 8.06. The number of benzene rings is 1. The van der Waals surface area contributed by atoms with E-state index in [2.05, 4.69) is 71.5 Å². The fraction of sp³-hybridized carbons (Fsp3) is 0.684. The number of rotatable bonds is 4. The first-order valence-corrected chi connectivity index (χ1v) is 16.5. The molecular weight excluding hydrogens is 518 g/mol. The normalized spacial score (nSPS) is 43.9. The van der Waals surface area contributed by atoms with Crippen molar-refractivity contribution in [2.75, 3.05) is 7.11 Å². The van der Waals surface area contributed by atoms with Gasteiger partial charge in [0, 0.05) is 5.41 Å². The van der Waals surface area contributed by atoms with E-state index in [-0.39, 0.29) is 33.0 Å². The highest BCUT2D eigenvalue weighted by Crippen LogP contribution is 2.77. The maximum Gasteiger partial charge on any atom is 0.337 e. The number of hydrogen-bond acceptors (Lipinski definition) is 4.